The minimum Gasteiger partial charge on any atom is -0.336 e. The smallest absolute Gasteiger partial charge is 0.241 e. The van der Waals surface area contributed by atoms with E-state index in [0.717, 1.165) is 44.9 Å². The fourth-order valence-corrected chi connectivity index (χ4v) is 2.14. The van der Waals surface area contributed by atoms with Gasteiger partial charge in [0.2, 0.25) is 5.91 Å². The van der Waals surface area contributed by atoms with Crippen LogP contribution in [0.2, 0.25) is 0 Å². The number of hydrogen-bond donors (Lipinski definition) is 2. The molecule has 0 radical (unpaired) electrons. The van der Waals surface area contributed by atoms with Crippen molar-refractivity contribution in [2.24, 2.45) is 5.73 Å². The first kappa shape index (κ1) is 10.4. The summed E-state index contributed by atoms with van der Waals surface area (Å²) in [6.45, 7) is 0. The maximum atomic E-state index is 11.9. The number of nitrogens with zero attached hydrogens (tertiary/aromatic N) is 1. The van der Waals surface area contributed by atoms with Crippen LogP contribution in [-0.2, 0) is 4.79 Å². The second-order valence-electron chi connectivity index (χ2n) is 4.86. The Morgan fingerprint density at radius 1 is 1.20 bits per heavy atom. The first-order chi connectivity index (χ1) is 7.10. The van der Waals surface area contributed by atoms with Gasteiger partial charge in [0.15, 0.2) is 0 Å². The van der Waals surface area contributed by atoms with Crippen molar-refractivity contribution in [1.82, 2.24) is 5.32 Å². The third-order valence-electron chi connectivity index (χ3n) is 3.51. The average molecular weight is 207 g/mol. The summed E-state index contributed by atoms with van der Waals surface area (Å²) >= 11 is 0. The molecular formula is C11H17N3O. The van der Waals surface area contributed by atoms with E-state index in [1.807, 2.05) is 0 Å². The van der Waals surface area contributed by atoms with Gasteiger partial charge in [0.05, 0.1) is 11.6 Å². The first-order valence-corrected chi connectivity index (χ1v) is 5.63. The molecule has 0 atom stereocenters. The Bertz CT molecular complexity index is 308. The Morgan fingerprint density at radius 2 is 1.80 bits per heavy atom. The summed E-state index contributed by atoms with van der Waals surface area (Å²) in [5.41, 5.74) is 4.77. The number of carbonyl (C=O) groups excluding carboxylic acids is 1. The van der Waals surface area contributed by atoms with E-state index in [2.05, 4.69) is 11.4 Å². The van der Waals surface area contributed by atoms with Gasteiger partial charge in [0.25, 0.3) is 0 Å². The van der Waals surface area contributed by atoms with Gasteiger partial charge < -0.3 is 11.1 Å². The van der Waals surface area contributed by atoms with Crippen molar-refractivity contribution in [3.8, 4) is 6.07 Å². The minimum absolute atomic E-state index is 0.124. The molecule has 2 aliphatic carbocycles. The van der Waals surface area contributed by atoms with Crippen LogP contribution in [0.5, 0.6) is 0 Å². The van der Waals surface area contributed by atoms with Gasteiger partial charge >= 0.3 is 0 Å². The van der Waals surface area contributed by atoms with E-state index in [4.69, 9.17) is 11.0 Å². The molecule has 0 aromatic rings. The van der Waals surface area contributed by atoms with Crippen LogP contribution in [0.25, 0.3) is 0 Å². The van der Waals surface area contributed by atoms with Gasteiger partial charge in [-0.25, -0.2) is 0 Å². The first-order valence-electron chi connectivity index (χ1n) is 5.63. The Labute approximate surface area is 89.8 Å². The van der Waals surface area contributed by atoms with Gasteiger partial charge in [0, 0.05) is 0 Å². The highest BCUT2D eigenvalue weighted by Crippen LogP contribution is 2.36. The van der Waals surface area contributed by atoms with Crippen LogP contribution in [0.4, 0.5) is 0 Å². The Kier molecular flexibility index (Phi) is 2.43. The molecule has 0 aromatic heterocycles. The standard InChI is InChI=1S/C11H17N3O/c12-8-10(6-7-10)14-9(15)11(13)4-2-1-3-5-11/h1-7,13H2,(H,14,15). The Balaban J connectivity index is 1.98. The third-order valence-corrected chi connectivity index (χ3v) is 3.51. The molecule has 0 heterocycles. The van der Waals surface area contributed by atoms with Crippen LogP contribution in [0.3, 0.4) is 0 Å². The van der Waals surface area contributed by atoms with Gasteiger partial charge in [-0.1, -0.05) is 19.3 Å². The molecule has 15 heavy (non-hydrogen) atoms. The zero-order valence-electron chi connectivity index (χ0n) is 8.88. The summed E-state index contributed by atoms with van der Waals surface area (Å²) < 4.78 is 0. The molecule has 0 bridgehead atoms. The van der Waals surface area contributed by atoms with Crippen LogP contribution < -0.4 is 11.1 Å². The molecular weight excluding hydrogens is 190 g/mol. The van der Waals surface area contributed by atoms with Crippen molar-refractivity contribution in [1.29, 1.82) is 5.26 Å². The van der Waals surface area contributed by atoms with Crippen LogP contribution in [0, 0.1) is 11.3 Å². The molecule has 2 rings (SSSR count). The van der Waals surface area contributed by atoms with E-state index in [1.54, 1.807) is 0 Å². The van der Waals surface area contributed by atoms with Crippen LogP contribution in [0.1, 0.15) is 44.9 Å². The second kappa shape index (κ2) is 3.49. The molecule has 0 aromatic carbocycles. The highest BCUT2D eigenvalue weighted by atomic mass is 16.2. The monoisotopic (exact) mass is 207 g/mol. The van der Waals surface area contributed by atoms with Crippen molar-refractivity contribution >= 4 is 5.91 Å². The molecule has 82 valence electrons. The van der Waals surface area contributed by atoms with E-state index in [-0.39, 0.29) is 5.91 Å². The zero-order chi connectivity index (χ0) is 10.9. The van der Waals surface area contributed by atoms with E-state index in [9.17, 15) is 4.79 Å². The Hall–Kier alpha value is -1.08. The molecule has 0 unspecified atom stereocenters. The van der Waals surface area contributed by atoms with Crippen molar-refractivity contribution in [3.05, 3.63) is 0 Å². The van der Waals surface area contributed by atoms with Gasteiger partial charge in [0.1, 0.15) is 5.54 Å². The average Bonchev–Trinajstić information content (AvgIpc) is 3.00. The largest absolute Gasteiger partial charge is 0.336 e. The number of nitrogens with one attached hydrogen (secondary N) is 1. The summed E-state index contributed by atoms with van der Waals surface area (Å²) in [4.78, 5) is 11.9. The lowest BCUT2D eigenvalue weighted by Gasteiger charge is -2.32. The normalized spacial score (nSPS) is 26.4. The molecule has 3 N–H and O–H groups in total. The maximum Gasteiger partial charge on any atom is 0.241 e. The lowest BCUT2D eigenvalue weighted by molar-refractivity contribution is -0.128. The van der Waals surface area contributed by atoms with E-state index < -0.39 is 11.1 Å². The highest BCUT2D eigenvalue weighted by Gasteiger charge is 2.48. The lowest BCUT2D eigenvalue weighted by atomic mass is 9.81. The maximum absolute atomic E-state index is 11.9. The van der Waals surface area contributed by atoms with Gasteiger partial charge in [-0.2, -0.15) is 5.26 Å². The molecule has 1 amide bonds. The fraction of sp³-hybridized carbons (Fsp3) is 0.818. The molecule has 2 fully saturated rings. The van der Waals surface area contributed by atoms with Crippen molar-refractivity contribution in [2.45, 2.75) is 56.0 Å². The molecule has 0 saturated heterocycles. The summed E-state index contributed by atoms with van der Waals surface area (Å²) in [5, 5.41) is 11.7. The van der Waals surface area contributed by atoms with Crippen molar-refractivity contribution < 1.29 is 4.79 Å². The Morgan fingerprint density at radius 3 is 2.27 bits per heavy atom. The number of amides is 1. The third kappa shape index (κ3) is 1.98. The summed E-state index contributed by atoms with van der Waals surface area (Å²) in [5.74, 6) is -0.124. The number of carbonyl (C=O) groups is 1. The number of nitriles is 1. The molecule has 2 aliphatic rings. The SMILES string of the molecule is N#CC1(NC(=O)C2(N)CCCCC2)CC1. The van der Waals surface area contributed by atoms with Crippen LogP contribution in [-0.4, -0.2) is 17.0 Å². The van der Waals surface area contributed by atoms with Gasteiger partial charge in [-0.15, -0.1) is 0 Å². The number of hydrogen-bond acceptors (Lipinski definition) is 3. The quantitative estimate of drug-likeness (QED) is 0.703. The van der Waals surface area contributed by atoms with E-state index in [1.165, 1.54) is 0 Å². The molecule has 0 spiro atoms. The van der Waals surface area contributed by atoms with Crippen LogP contribution >= 0.6 is 0 Å². The molecule has 4 heteroatoms. The molecule has 2 saturated carbocycles. The lowest BCUT2D eigenvalue weighted by Crippen LogP contribution is -2.57. The minimum atomic E-state index is -0.718. The fourth-order valence-electron chi connectivity index (χ4n) is 2.14. The zero-order valence-corrected chi connectivity index (χ0v) is 8.88. The van der Waals surface area contributed by atoms with E-state index in [0.29, 0.717) is 0 Å². The number of nitrogens with two attached hydrogens (primary N) is 1. The highest BCUT2D eigenvalue weighted by molar-refractivity contribution is 5.87. The second-order valence-corrected chi connectivity index (χ2v) is 4.86. The number of rotatable bonds is 2. The van der Waals surface area contributed by atoms with Crippen molar-refractivity contribution in [2.75, 3.05) is 0 Å². The summed E-state index contributed by atoms with van der Waals surface area (Å²) in [6.07, 6.45) is 6.24. The van der Waals surface area contributed by atoms with E-state index >= 15 is 0 Å². The van der Waals surface area contributed by atoms with Gasteiger partial charge in [-0.3, -0.25) is 4.79 Å². The molecule has 0 aliphatic heterocycles. The topological polar surface area (TPSA) is 78.9 Å². The predicted octanol–water partition coefficient (Wildman–Crippen LogP) is 0.820. The summed E-state index contributed by atoms with van der Waals surface area (Å²) in [6, 6.07) is 2.15. The van der Waals surface area contributed by atoms with Crippen molar-refractivity contribution in [3.63, 3.8) is 0 Å². The molecule has 4 nitrogen and oxygen atoms in total. The van der Waals surface area contributed by atoms with Gasteiger partial charge in [-0.05, 0) is 25.7 Å². The predicted molar refractivity (Wildman–Crippen MR) is 55.7 cm³/mol. The van der Waals surface area contributed by atoms with Crippen LogP contribution in [0.15, 0.2) is 0 Å². The summed E-state index contributed by atoms with van der Waals surface area (Å²) in [7, 11) is 0.